The van der Waals surface area contributed by atoms with Crippen molar-refractivity contribution >= 4 is 18.0 Å². The van der Waals surface area contributed by atoms with Gasteiger partial charge in [-0.1, -0.05) is 0 Å². The molecule has 0 fully saturated rings. The van der Waals surface area contributed by atoms with Crippen LogP contribution in [0.1, 0.15) is 15.9 Å². The van der Waals surface area contributed by atoms with Gasteiger partial charge in [-0.05, 0) is 30.3 Å². The topological polar surface area (TPSA) is 117 Å². The summed E-state index contributed by atoms with van der Waals surface area (Å²) in [4.78, 5) is 24.1. The van der Waals surface area contributed by atoms with Crippen LogP contribution >= 0.6 is 0 Å². The Morgan fingerprint density at radius 1 is 1.03 bits per heavy atom. The fraction of sp³-hybridized carbons (Fsp3) is 0.250. The molecule has 0 bridgehead atoms. The number of methoxy groups -OCH3 is 3. The molecule has 1 aliphatic rings. The number of nitrogens with zero attached hydrogens (tertiary/aromatic N) is 1. The summed E-state index contributed by atoms with van der Waals surface area (Å²) in [5.74, 6) is 1.52. The molecule has 2 amide bonds. The highest BCUT2D eigenvalue weighted by Crippen LogP contribution is 2.37. The Bertz CT molecular complexity index is 950. The largest absolute Gasteiger partial charge is 0.493 e. The minimum absolute atomic E-state index is 0.118. The first-order valence-corrected chi connectivity index (χ1v) is 8.85. The Kier molecular flexibility index (Phi) is 6.58. The SMILES string of the molecule is COc1cc(C=NNC(=O)CNC(=O)c2ccc3c(c2)OCO3)cc(OC)c1OC. The summed E-state index contributed by atoms with van der Waals surface area (Å²) in [6, 6.07) is 8.14. The lowest BCUT2D eigenvalue weighted by molar-refractivity contribution is -0.120. The molecule has 0 saturated carbocycles. The van der Waals surface area contributed by atoms with Crippen molar-refractivity contribution in [3.05, 3.63) is 41.5 Å². The van der Waals surface area contributed by atoms with E-state index in [1.54, 1.807) is 30.3 Å². The molecule has 158 valence electrons. The zero-order valence-electron chi connectivity index (χ0n) is 16.7. The molecule has 10 heteroatoms. The van der Waals surface area contributed by atoms with Gasteiger partial charge in [0.05, 0.1) is 34.1 Å². The molecule has 2 N–H and O–H groups in total. The zero-order valence-corrected chi connectivity index (χ0v) is 16.7. The van der Waals surface area contributed by atoms with Crippen LogP contribution in [0.4, 0.5) is 0 Å². The Morgan fingerprint density at radius 2 is 1.73 bits per heavy atom. The molecule has 0 radical (unpaired) electrons. The van der Waals surface area contributed by atoms with E-state index in [9.17, 15) is 9.59 Å². The van der Waals surface area contributed by atoms with Gasteiger partial charge in [0, 0.05) is 11.1 Å². The summed E-state index contributed by atoms with van der Waals surface area (Å²) in [6.45, 7) is -0.132. The van der Waals surface area contributed by atoms with Gasteiger partial charge in [-0.15, -0.1) is 0 Å². The molecule has 0 aromatic heterocycles. The lowest BCUT2D eigenvalue weighted by Gasteiger charge is -2.12. The fourth-order valence-electron chi connectivity index (χ4n) is 2.69. The third-order valence-corrected chi connectivity index (χ3v) is 4.13. The maximum Gasteiger partial charge on any atom is 0.259 e. The van der Waals surface area contributed by atoms with Crippen LogP contribution in [0.25, 0.3) is 0 Å². The van der Waals surface area contributed by atoms with Crippen molar-refractivity contribution in [2.45, 2.75) is 0 Å². The van der Waals surface area contributed by atoms with Gasteiger partial charge in [0.1, 0.15) is 0 Å². The van der Waals surface area contributed by atoms with Gasteiger partial charge in [0.2, 0.25) is 12.5 Å². The Labute approximate surface area is 172 Å². The highest BCUT2D eigenvalue weighted by Gasteiger charge is 2.16. The number of fused-ring (bicyclic) bond motifs is 1. The molecule has 0 unspecified atom stereocenters. The van der Waals surface area contributed by atoms with E-state index >= 15 is 0 Å². The summed E-state index contributed by atoms with van der Waals surface area (Å²) < 4.78 is 26.2. The van der Waals surface area contributed by atoms with Crippen molar-refractivity contribution in [2.24, 2.45) is 5.10 Å². The summed E-state index contributed by atoms with van der Waals surface area (Å²) >= 11 is 0. The highest BCUT2D eigenvalue weighted by molar-refractivity contribution is 5.97. The minimum atomic E-state index is -0.493. The highest BCUT2D eigenvalue weighted by atomic mass is 16.7. The number of hydrogen-bond donors (Lipinski definition) is 2. The molecule has 30 heavy (non-hydrogen) atoms. The number of amides is 2. The lowest BCUT2D eigenvalue weighted by atomic mass is 10.2. The average Bonchev–Trinajstić information content (AvgIpc) is 3.24. The number of ether oxygens (including phenoxy) is 5. The lowest BCUT2D eigenvalue weighted by Crippen LogP contribution is -2.34. The van der Waals surface area contributed by atoms with Crippen molar-refractivity contribution in [3.63, 3.8) is 0 Å². The van der Waals surface area contributed by atoms with Crippen LogP contribution in [0.15, 0.2) is 35.4 Å². The normalized spacial score (nSPS) is 11.8. The van der Waals surface area contributed by atoms with Gasteiger partial charge in [-0.25, -0.2) is 5.43 Å². The molecule has 0 aliphatic carbocycles. The standard InChI is InChI=1S/C20H21N3O7/c1-26-16-6-12(7-17(27-2)19(16)28-3)9-22-23-18(24)10-21-20(25)13-4-5-14-15(8-13)30-11-29-14/h4-9H,10-11H2,1-3H3,(H,21,25)(H,23,24). The van der Waals surface area contributed by atoms with Crippen LogP contribution < -0.4 is 34.4 Å². The molecule has 0 saturated heterocycles. The Morgan fingerprint density at radius 3 is 2.40 bits per heavy atom. The average molecular weight is 415 g/mol. The molecule has 10 nitrogen and oxygen atoms in total. The van der Waals surface area contributed by atoms with E-state index < -0.39 is 11.8 Å². The molecule has 2 aromatic rings. The van der Waals surface area contributed by atoms with Crippen molar-refractivity contribution in [3.8, 4) is 28.7 Å². The Hall–Kier alpha value is -3.95. The number of benzene rings is 2. The van der Waals surface area contributed by atoms with Crippen LogP contribution in [0.3, 0.4) is 0 Å². The predicted molar refractivity (Wildman–Crippen MR) is 107 cm³/mol. The van der Waals surface area contributed by atoms with E-state index in [-0.39, 0.29) is 13.3 Å². The van der Waals surface area contributed by atoms with Crippen molar-refractivity contribution in [2.75, 3.05) is 34.7 Å². The predicted octanol–water partition coefficient (Wildman–Crippen LogP) is 1.32. The Balaban J connectivity index is 1.54. The number of nitrogens with one attached hydrogen (secondary N) is 2. The maximum absolute atomic E-state index is 12.2. The van der Waals surface area contributed by atoms with E-state index in [0.717, 1.165) is 0 Å². The maximum atomic E-state index is 12.2. The summed E-state index contributed by atoms with van der Waals surface area (Å²) in [6.07, 6.45) is 1.42. The second kappa shape index (κ2) is 9.50. The third kappa shape index (κ3) is 4.72. The first-order valence-electron chi connectivity index (χ1n) is 8.85. The summed E-state index contributed by atoms with van der Waals surface area (Å²) in [5, 5.41) is 6.39. The first kappa shape index (κ1) is 20.8. The number of rotatable bonds is 8. The monoisotopic (exact) mass is 415 g/mol. The van der Waals surface area contributed by atoms with E-state index in [1.807, 2.05) is 0 Å². The number of hydrogen-bond acceptors (Lipinski definition) is 8. The minimum Gasteiger partial charge on any atom is -0.493 e. The number of carbonyl (C=O) groups is 2. The van der Waals surface area contributed by atoms with Crippen LogP contribution in [0.5, 0.6) is 28.7 Å². The van der Waals surface area contributed by atoms with Crippen molar-refractivity contribution in [1.82, 2.24) is 10.7 Å². The quantitative estimate of drug-likeness (QED) is 0.493. The van der Waals surface area contributed by atoms with E-state index in [0.29, 0.717) is 39.9 Å². The molecule has 1 heterocycles. The molecular formula is C20H21N3O7. The van der Waals surface area contributed by atoms with E-state index in [2.05, 4.69) is 15.8 Å². The van der Waals surface area contributed by atoms with Crippen molar-refractivity contribution < 1.29 is 33.3 Å². The second-order valence-electron chi connectivity index (χ2n) is 6.00. The van der Waals surface area contributed by atoms with Crippen LogP contribution in [0, 0.1) is 0 Å². The molecule has 2 aromatic carbocycles. The fourth-order valence-corrected chi connectivity index (χ4v) is 2.69. The van der Waals surface area contributed by atoms with E-state index in [4.69, 9.17) is 23.7 Å². The van der Waals surface area contributed by atoms with Gasteiger partial charge < -0.3 is 29.0 Å². The van der Waals surface area contributed by atoms with Gasteiger partial charge in [0.15, 0.2) is 23.0 Å². The summed E-state index contributed by atoms with van der Waals surface area (Å²) in [7, 11) is 4.51. The summed E-state index contributed by atoms with van der Waals surface area (Å²) in [5.41, 5.74) is 3.32. The molecule has 1 aliphatic heterocycles. The van der Waals surface area contributed by atoms with Gasteiger partial charge in [-0.3, -0.25) is 9.59 Å². The van der Waals surface area contributed by atoms with Crippen LogP contribution in [-0.4, -0.2) is 52.7 Å². The third-order valence-electron chi connectivity index (χ3n) is 4.13. The van der Waals surface area contributed by atoms with Crippen LogP contribution in [0.2, 0.25) is 0 Å². The van der Waals surface area contributed by atoms with Crippen molar-refractivity contribution in [1.29, 1.82) is 0 Å². The van der Waals surface area contributed by atoms with Gasteiger partial charge in [-0.2, -0.15) is 5.10 Å². The second-order valence-corrected chi connectivity index (χ2v) is 6.00. The number of hydrazone groups is 1. The molecule has 0 spiro atoms. The molecular weight excluding hydrogens is 394 g/mol. The number of carbonyl (C=O) groups excluding carboxylic acids is 2. The zero-order chi connectivity index (χ0) is 21.5. The van der Waals surface area contributed by atoms with Gasteiger partial charge >= 0.3 is 0 Å². The smallest absolute Gasteiger partial charge is 0.259 e. The van der Waals surface area contributed by atoms with E-state index in [1.165, 1.54) is 27.5 Å². The van der Waals surface area contributed by atoms with Gasteiger partial charge in [0.25, 0.3) is 11.8 Å². The van der Waals surface area contributed by atoms with Crippen LogP contribution in [-0.2, 0) is 4.79 Å². The molecule has 0 atom stereocenters. The molecule has 3 rings (SSSR count). The first-order chi connectivity index (χ1) is 14.5.